The van der Waals surface area contributed by atoms with Crippen molar-refractivity contribution in [3.8, 4) is 0 Å². The van der Waals surface area contributed by atoms with E-state index in [1.165, 1.54) is 12.1 Å². The molecular formula is C28H33FN2O2S. The van der Waals surface area contributed by atoms with Gasteiger partial charge in [0.2, 0.25) is 11.8 Å². The molecule has 4 nitrogen and oxygen atoms in total. The Labute approximate surface area is 206 Å². The Bertz CT molecular complexity index is 1060. The summed E-state index contributed by atoms with van der Waals surface area (Å²) in [5.41, 5.74) is 3.10. The molecule has 0 aliphatic heterocycles. The second-order valence-electron chi connectivity index (χ2n) is 9.06. The van der Waals surface area contributed by atoms with E-state index >= 15 is 0 Å². The summed E-state index contributed by atoms with van der Waals surface area (Å²) in [5.74, 6) is -0.174. The molecule has 0 N–H and O–H groups in total. The van der Waals surface area contributed by atoms with Crippen LogP contribution in [-0.2, 0) is 29.1 Å². The van der Waals surface area contributed by atoms with E-state index in [0.29, 0.717) is 32.5 Å². The number of nitrogens with zero attached hydrogens (tertiary/aromatic N) is 2. The Hall–Kier alpha value is -2.99. The van der Waals surface area contributed by atoms with Gasteiger partial charge >= 0.3 is 0 Å². The number of benzene rings is 2. The fourth-order valence-corrected chi connectivity index (χ4v) is 4.72. The van der Waals surface area contributed by atoms with Crippen LogP contribution in [0.2, 0.25) is 0 Å². The summed E-state index contributed by atoms with van der Waals surface area (Å²) >= 11 is 1.62. The van der Waals surface area contributed by atoms with E-state index in [1.807, 2.05) is 62.5 Å². The quantitative estimate of drug-likeness (QED) is 0.346. The summed E-state index contributed by atoms with van der Waals surface area (Å²) in [4.78, 5) is 31.1. The predicted octanol–water partition coefficient (Wildman–Crippen LogP) is 5.84. The van der Waals surface area contributed by atoms with Gasteiger partial charge < -0.3 is 9.80 Å². The molecule has 2 amide bonds. The summed E-state index contributed by atoms with van der Waals surface area (Å²) in [6.45, 7) is 7.53. The third-order valence-corrected chi connectivity index (χ3v) is 6.68. The van der Waals surface area contributed by atoms with Crippen molar-refractivity contribution < 1.29 is 14.0 Å². The molecule has 1 heterocycles. The van der Waals surface area contributed by atoms with Crippen molar-refractivity contribution in [3.63, 3.8) is 0 Å². The van der Waals surface area contributed by atoms with E-state index in [-0.39, 0.29) is 30.1 Å². The summed E-state index contributed by atoms with van der Waals surface area (Å²) in [5, 5.41) is 2.02. The number of hydrogen-bond donors (Lipinski definition) is 0. The van der Waals surface area contributed by atoms with Crippen LogP contribution in [0.5, 0.6) is 0 Å². The van der Waals surface area contributed by atoms with E-state index < -0.39 is 0 Å². The number of amides is 2. The largest absolute Gasteiger partial charge is 0.333 e. The third kappa shape index (κ3) is 7.80. The Kier molecular flexibility index (Phi) is 9.40. The molecule has 0 fully saturated rings. The molecule has 0 saturated heterocycles. The van der Waals surface area contributed by atoms with Gasteiger partial charge in [0.05, 0.1) is 13.1 Å². The summed E-state index contributed by atoms with van der Waals surface area (Å²) in [6, 6.07) is 18.2. The summed E-state index contributed by atoms with van der Waals surface area (Å²) in [6.07, 6.45) is 1.02. The standard InChI is InChI=1S/C28H33FN2O2S/c1-21(2)17-30(27(32)14-11-23-7-5-4-6-8-23)20-28(33)31(19-26-22(3)15-16-34-26)18-24-9-12-25(29)13-10-24/h4-10,12-13,15-16,21H,11,14,17-20H2,1-3H3. The molecule has 34 heavy (non-hydrogen) atoms. The molecule has 0 aliphatic carbocycles. The van der Waals surface area contributed by atoms with Crippen molar-refractivity contribution in [3.05, 3.63) is 93.4 Å². The minimum Gasteiger partial charge on any atom is -0.333 e. The van der Waals surface area contributed by atoms with Crippen LogP contribution < -0.4 is 0 Å². The van der Waals surface area contributed by atoms with E-state index in [4.69, 9.17) is 0 Å². The SMILES string of the molecule is Cc1ccsc1CN(Cc1ccc(F)cc1)C(=O)CN(CC(C)C)C(=O)CCc1ccccc1. The average Bonchev–Trinajstić information content (AvgIpc) is 3.22. The van der Waals surface area contributed by atoms with Gasteiger partial charge in [0.15, 0.2) is 0 Å². The monoisotopic (exact) mass is 480 g/mol. The van der Waals surface area contributed by atoms with Gasteiger partial charge in [-0.1, -0.05) is 56.3 Å². The highest BCUT2D eigenvalue weighted by molar-refractivity contribution is 7.10. The number of carbonyl (C=O) groups excluding carboxylic acids is 2. The van der Waals surface area contributed by atoms with E-state index in [1.54, 1.807) is 33.3 Å². The van der Waals surface area contributed by atoms with Gasteiger partial charge in [-0.15, -0.1) is 11.3 Å². The van der Waals surface area contributed by atoms with Crippen molar-refractivity contribution in [1.82, 2.24) is 9.80 Å². The number of hydrogen-bond acceptors (Lipinski definition) is 3. The van der Waals surface area contributed by atoms with Crippen LogP contribution in [-0.4, -0.2) is 34.7 Å². The molecule has 6 heteroatoms. The van der Waals surface area contributed by atoms with Gasteiger partial charge in [0, 0.05) is 24.4 Å². The van der Waals surface area contributed by atoms with Crippen molar-refractivity contribution in [2.45, 2.75) is 46.7 Å². The molecule has 2 aromatic carbocycles. The first-order chi connectivity index (χ1) is 16.3. The second kappa shape index (κ2) is 12.5. The normalized spacial score (nSPS) is 11.0. The highest BCUT2D eigenvalue weighted by Crippen LogP contribution is 2.20. The molecule has 0 spiro atoms. The first kappa shape index (κ1) is 25.6. The van der Waals surface area contributed by atoms with Gasteiger partial charge in [-0.2, -0.15) is 0 Å². The lowest BCUT2D eigenvalue weighted by Gasteiger charge is -2.29. The number of aryl methyl sites for hydroxylation is 2. The highest BCUT2D eigenvalue weighted by atomic mass is 32.1. The minimum atomic E-state index is -0.303. The van der Waals surface area contributed by atoms with Crippen LogP contribution >= 0.6 is 11.3 Å². The lowest BCUT2D eigenvalue weighted by atomic mass is 10.1. The zero-order valence-electron chi connectivity index (χ0n) is 20.2. The van der Waals surface area contributed by atoms with Crippen LogP contribution in [0.25, 0.3) is 0 Å². The smallest absolute Gasteiger partial charge is 0.242 e. The molecule has 3 rings (SSSR count). The molecule has 3 aromatic rings. The number of thiophene rings is 1. The fraction of sp³-hybridized carbons (Fsp3) is 0.357. The van der Waals surface area contributed by atoms with E-state index in [2.05, 4.69) is 0 Å². The number of halogens is 1. The second-order valence-corrected chi connectivity index (χ2v) is 10.1. The molecule has 0 aliphatic rings. The van der Waals surface area contributed by atoms with Crippen molar-refractivity contribution >= 4 is 23.2 Å². The van der Waals surface area contributed by atoms with Gasteiger partial charge in [0.1, 0.15) is 5.82 Å². The Morgan fingerprint density at radius 3 is 2.21 bits per heavy atom. The first-order valence-electron chi connectivity index (χ1n) is 11.7. The molecular weight excluding hydrogens is 447 g/mol. The number of carbonyl (C=O) groups is 2. The van der Waals surface area contributed by atoms with Crippen LogP contribution in [0.4, 0.5) is 4.39 Å². The summed E-state index contributed by atoms with van der Waals surface area (Å²) < 4.78 is 13.4. The summed E-state index contributed by atoms with van der Waals surface area (Å²) in [7, 11) is 0. The van der Waals surface area contributed by atoms with E-state index in [0.717, 1.165) is 21.6 Å². The van der Waals surface area contributed by atoms with E-state index in [9.17, 15) is 14.0 Å². The first-order valence-corrected chi connectivity index (χ1v) is 12.6. The molecule has 0 radical (unpaired) electrons. The maximum absolute atomic E-state index is 13.5. The van der Waals surface area contributed by atoms with Gasteiger partial charge in [-0.3, -0.25) is 9.59 Å². The van der Waals surface area contributed by atoms with Gasteiger partial charge in [0.25, 0.3) is 0 Å². The highest BCUT2D eigenvalue weighted by Gasteiger charge is 2.23. The molecule has 0 atom stereocenters. The van der Waals surface area contributed by atoms with Gasteiger partial charge in [-0.05, 0) is 59.5 Å². The van der Waals surface area contributed by atoms with Crippen LogP contribution in [0.1, 0.15) is 41.8 Å². The molecule has 0 saturated carbocycles. The Morgan fingerprint density at radius 1 is 0.882 bits per heavy atom. The third-order valence-electron chi connectivity index (χ3n) is 5.68. The van der Waals surface area contributed by atoms with Gasteiger partial charge in [-0.25, -0.2) is 4.39 Å². The number of rotatable bonds is 11. The maximum Gasteiger partial charge on any atom is 0.242 e. The topological polar surface area (TPSA) is 40.6 Å². The predicted molar refractivity (Wildman–Crippen MR) is 136 cm³/mol. The average molecular weight is 481 g/mol. The Balaban J connectivity index is 1.73. The molecule has 0 unspecified atom stereocenters. The van der Waals surface area contributed by atoms with Crippen molar-refractivity contribution in [2.24, 2.45) is 5.92 Å². The van der Waals surface area contributed by atoms with Crippen LogP contribution in [0, 0.1) is 18.7 Å². The van der Waals surface area contributed by atoms with Crippen LogP contribution in [0.3, 0.4) is 0 Å². The lowest BCUT2D eigenvalue weighted by Crippen LogP contribution is -2.44. The Morgan fingerprint density at radius 2 is 1.59 bits per heavy atom. The fourth-order valence-electron chi connectivity index (χ4n) is 3.79. The zero-order chi connectivity index (χ0) is 24.5. The van der Waals surface area contributed by atoms with Crippen molar-refractivity contribution in [2.75, 3.05) is 13.1 Å². The molecule has 1 aromatic heterocycles. The molecule has 180 valence electrons. The minimum absolute atomic E-state index is 0.0139. The zero-order valence-corrected chi connectivity index (χ0v) is 21.0. The van der Waals surface area contributed by atoms with Crippen molar-refractivity contribution in [1.29, 1.82) is 0 Å². The maximum atomic E-state index is 13.5. The lowest BCUT2D eigenvalue weighted by molar-refractivity contribution is -0.141. The van der Waals surface area contributed by atoms with Crippen LogP contribution in [0.15, 0.2) is 66.0 Å². The molecule has 0 bridgehead atoms.